The Hall–Kier alpha value is -4.25. The van der Waals surface area contributed by atoms with E-state index in [0.29, 0.717) is 46.8 Å². The van der Waals surface area contributed by atoms with E-state index in [-0.39, 0.29) is 6.42 Å². The van der Waals surface area contributed by atoms with Gasteiger partial charge in [0, 0.05) is 36.6 Å². The Bertz CT molecular complexity index is 1250. The first-order valence-electron chi connectivity index (χ1n) is 10.1. The number of carboxylic acid groups (broad SMARTS) is 1. The number of ether oxygens (including phenoxy) is 1. The quantitative estimate of drug-likeness (QED) is 0.285. The van der Waals surface area contributed by atoms with E-state index in [9.17, 15) is 14.7 Å². The molecule has 1 amide bonds. The highest BCUT2D eigenvalue weighted by atomic mass is 16.5. The Balaban J connectivity index is 1.44. The molecule has 0 unspecified atom stereocenters. The minimum Gasteiger partial charge on any atom is -0.481 e. The number of carboxylic acids is 1. The molecule has 0 aliphatic carbocycles. The molecule has 0 aliphatic rings. The van der Waals surface area contributed by atoms with E-state index in [4.69, 9.17) is 9.26 Å². The molecule has 0 spiro atoms. The number of nitrogens with one attached hydrogen (secondary N) is 3. The molecule has 1 aromatic carbocycles. The molecule has 11 heteroatoms. The number of hydrogen-bond donors (Lipinski definition) is 4. The molecule has 33 heavy (non-hydrogen) atoms. The molecule has 11 nitrogen and oxygen atoms in total. The predicted molar refractivity (Wildman–Crippen MR) is 117 cm³/mol. The van der Waals surface area contributed by atoms with Crippen molar-refractivity contribution in [3.63, 3.8) is 0 Å². The maximum absolute atomic E-state index is 12.8. The zero-order valence-electron chi connectivity index (χ0n) is 17.7. The van der Waals surface area contributed by atoms with E-state index in [1.54, 1.807) is 25.3 Å². The summed E-state index contributed by atoms with van der Waals surface area (Å²) in [5, 5.41) is 19.8. The Morgan fingerprint density at radius 2 is 2.09 bits per heavy atom. The van der Waals surface area contributed by atoms with Gasteiger partial charge in [0.05, 0.1) is 31.2 Å². The van der Waals surface area contributed by atoms with Gasteiger partial charge in [-0.25, -0.2) is 9.97 Å². The molecule has 0 saturated carbocycles. The van der Waals surface area contributed by atoms with Crippen LogP contribution < -0.4 is 10.6 Å². The van der Waals surface area contributed by atoms with E-state index in [1.807, 2.05) is 12.1 Å². The summed E-state index contributed by atoms with van der Waals surface area (Å²) in [7, 11) is 1.59. The van der Waals surface area contributed by atoms with Crippen LogP contribution in [0.5, 0.6) is 0 Å². The highest BCUT2D eigenvalue weighted by molar-refractivity contribution is 6.05. The van der Waals surface area contributed by atoms with Crippen molar-refractivity contribution in [3.8, 4) is 0 Å². The van der Waals surface area contributed by atoms with E-state index in [2.05, 4.69) is 30.7 Å². The molecule has 0 saturated heterocycles. The van der Waals surface area contributed by atoms with Crippen LogP contribution in [0, 0.1) is 0 Å². The van der Waals surface area contributed by atoms with Crippen molar-refractivity contribution in [3.05, 3.63) is 71.6 Å². The first-order valence-corrected chi connectivity index (χ1v) is 10.1. The van der Waals surface area contributed by atoms with E-state index in [1.165, 1.54) is 18.7 Å². The van der Waals surface area contributed by atoms with E-state index >= 15 is 0 Å². The van der Waals surface area contributed by atoms with E-state index < -0.39 is 17.9 Å². The topological polar surface area (TPSA) is 155 Å². The average Bonchev–Trinajstić information content (AvgIpc) is 3.44. The van der Waals surface area contributed by atoms with Gasteiger partial charge < -0.3 is 30.0 Å². The van der Waals surface area contributed by atoms with Crippen LogP contribution in [0.3, 0.4) is 0 Å². The molecule has 0 radical (unpaired) electrons. The summed E-state index contributed by atoms with van der Waals surface area (Å²) >= 11 is 0. The van der Waals surface area contributed by atoms with Crippen LogP contribution in [0.1, 0.15) is 39.8 Å². The lowest BCUT2D eigenvalue weighted by Crippen LogP contribution is -2.30. The minimum absolute atomic E-state index is 0.266. The summed E-state index contributed by atoms with van der Waals surface area (Å²) in [6, 6.07) is 8.24. The number of methoxy groups -OCH3 is 1. The van der Waals surface area contributed by atoms with Crippen molar-refractivity contribution < 1.29 is 24.0 Å². The number of H-pyrrole nitrogens is 1. The third kappa shape index (κ3) is 5.33. The summed E-state index contributed by atoms with van der Waals surface area (Å²) in [4.78, 5) is 35.2. The second kappa shape index (κ2) is 9.92. The number of nitrogens with zero attached hydrogens (tertiary/aromatic N) is 3. The van der Waals surface area contributed by atoms with Gasteiger partial charge in [0.2, 0.25) is 0 Å². The molecule has 0 bridgehead atoms. The molecular formula is C22H22N6O5. The first-order chi connectivity index (χ1) is 16.0. The number of aromatic nitrogens is 4. The number of rotatable bonds is 10. The van der Waals surface area contributed by atoms with Gasteiger partial charge in [-0.05, 0) is 17.7 Å². The van der Waals surface area contributed by atoms with Gasteiger partial charge in [-0.15, -0.1) is 0 Å². The van der Waals surface area contributed by atoms with Gasteiger partial charge >= 0.3 is 5.97 Å². The fraction of sp³-hybridized carbons (Fsp3) is 0.227. The maximum atomic E-state index is 12.8. The minimum atomic E-state index is -1.03. The first kappa shape index (κ1) is 22.0. The molecule has 3 heterocycles. The maximum Gasteiger partial charge on any atom is 0.305 e. The van der Waals surface area contributed by atoms with Crippen molar-refractivity contribution in [1.82, 2.24) is 25.4 Å². The van der Waals surface area contributed by atoms with Crippen molar-refractivity contribution >= 4 is 28.6 Å². The van der Waals surface area contributed by atoms with Crippen molar-refractivity contribution in [2.45, 2.75) is 25.6 Å². The van der Waals surface area contributed by atoms with Gasteiger partial charge in [-0.1, -0.05) is 17.3 Å². The van der Waals surface area contributed by atoms with Crippen LogP contribution in [-0.2, 0) is 22.7 Å². The lowest BCUT2D eigenvalue weighted by atomic mass is 10.0. The van der Waals surface area contributed by atoms with Crippen LogP contribution >= 0.6 is 0 Å². The highest BCUT2D eigenvalue weighted by Crippen LogP contribution is 2.22. The fourth-order valence-electron chi connectivity index (χ4n) is 3.39. The van der Waals surface area contributed by atoms with Crippen LogP contribution in [-0.4, -0.2) is 44.2 Å². The molecule has 3 aromatic heterocycles. The fourth-order valence-corrected chi connectivity index (χ4v) is 3.39. The molecule has 4 aromatic rings. The normalized spacial score (nSPS) is 11.9. The Morgan fingerprint density at radius 1 is 1.27 bits per heavy atom. The summed E-state index contributed by atoms with van der Waals surface area (Å²) in [5.41, 5.74) is 3.05. The van der Waals surface area contributed by atoms with E-state index in [0.717, 1.165) is 5.69 Å². The monoisotopic (exact) mass is 450 g/mol. The largest absolute Gasteiger partial charge is 0.481 e. The van der Waals surface area contributed by atoms with Gasteiger partial charge in [0.25, 0.3) is 5.91 Å². The second-order valence-electron chi connectivity index (χ2n) is 7.30. The number of carbonyl (C=O) groups excluding carboxylic acids is 1. The van der Waals surface area contributed by atoms with Crippen LogP contribution in [0.15, 0.2) is 53.6 Å². The van der Waals surface area contributed by atoms with Crippen LogP contribution in [0.4, 0.5) is 5.69 Å². The average molecular weight is 450 g/mol. The van der Waals surface area contributed by atoms with Crippen LogP contribution in [0.2, 0.25) is 0 Å². The third-order valence-corrected chi connectivity index (χ3v) is 4.96. The lowest BCUT2D eigenvalue weighted by molar-refractivity contribution is -0.137. The third-order valence-electron chi connectivity index (χ3n) is 4.96. The number of benzene rings is 1. The highest BCUT2D eigenvalue weighted by Gasteiger charge is 2.21. The number of aromatic amines is 1. The van der Waals surface area contributed by atoms with Gasteiger partial charge in [-0.3, -0.25) is 9.59 Å². The number of anilines is 1. The summed E-state index contributed by atoms with van der Waals surface area (Å²) in [6.07, 6.45) is 4.18. The second-order valence-corrected chi connectivity index (χ2v) is 7.30. The van der Waals surface area contributed by atoms with Gasteiger partial charge in [0.1, 0.15) is 17.7 Å². The Labute approximate surface area is 188 Å². The number of fused-ring (bicyclic) bond motifs is 1. The number of amides is 1. The predicted octanol–water partition coefficient (Wildman–Crippen LogP) is 2.65. The zero-order valence-corrected chi connectivity index (χ0v) is 17.7. The van der Waals surface area contributed by atoms with Gasteiger partial charge in [0.15, 0.2) is 5.76 Å². The van der Waals surface area contributed by atoms with Gasteiger partial charge in [-0.2, -0.15) is 0 Å². The molecule has 4 N–H and O–H groups in total. The molecule has 170 valence electrons. The number of carbonyl (C=O) groups is 2. The Morgan fingerprint density at radius 3 is 2.85 bits per heavy atom. The van der Waals surface area contributed by atoms with Crippen LogP contribution in [0.25, 0.3) is 11.0 Å². The standard InChI is InChI=1S/C22H22N6O5/c1-32-11-15-6-16(33-28-15)8-24-14-4-2-13(3-5-14)19(7-20(29)30)27-22(31)18-10-25-21-17(18)9-23-12-26-21/h2-6,9-10,12,19,24H,7-8,11H2,1H3,(H,27,31)(H,29,30)(H,23,25,26)/t19-/m1/s1. The number of aliphatic carboxylic acids is 1. The molecule has 0 fully saturated rings. The summed E-state index contributed by atoms with van der Waals surface area (Å²) in [5.74, 6) is -0.784. The smallest absolute Gasteiger partial charge is 0.305 e. The van der Waals surface area contributed by atoms with Crippen molar-refractivity contribution in [1.29, 1.82) is 0 Å². The molecule has 4 rings (SSSR count). The van der Waals surface area contributed by atoms with Crippen molar-refractivity contribution in [2.24, 2.45) is 0 Å². The Kier molecular flexibility index (Phi) is 6.60. The molecular weight excluding hydrogens is 428 g/mol. The van der Waals surface area contributed by atoms with Crippen molar-refractivity contribution in [2.75, 3.05) is 12.4 Å². The zero-order chi connectivity index (χ0) is 23.2. The summed E-state index contributed by atoms with van der Waals surface area (Å²) in [6.45, 7) is 0.800. The number of hydrogen-bond acceptors (Lipinski definition) is 8. The molecule has 1 atom stereocenters. The summed E-state index contributed by atoms with van der Waals surface area (Å²) < 4.78 is 10.3. The SMILES string of the molecule is COCc1cc(CNc2ccc([C@@H](CC(=O)O)NC(=O)c3c[nH]c4ncncc34)cc2)on1. The lowest BCUT2D eigenvalue weighted by Gasteiger charge is -2.18. The molecule has 0 aliphatic heterocycles.